The summed E-state index contributed by atoms with van der Waals surface area (Å²) < 4.78 is 33.7. The van der Waals surface area contributed by atoms with Crippen molar-refractivity contribution in [1.29, 1.82) is 0 Å². The summed E-state index contributed by atoms with van der Waals surface area (Å²) in [5.41, 5.74) is 2.03. The molecule has 0 bridgehead atoms. The van der Waals surface area contributed by atoms with Crippen LogP contribution in [0, 0.1) is 0 Å². The van der Waals surface area contributed by atoms with Gasteiger partial charge in [0.15, 0.2) is 17.2 Å². The second-order valence-corrected chi connectivity index (χ2v) is 8.53. The van der Waals surface area contributed by atoms with Gasteiger partial charge in [-0.1, -0.05) is 6.07 Å². The highest BCUT2D eigenvalue weighted by molar-refractivity contribution is 6.08. The van der Waals surface area contributed by atoms with Crippen molar-refractivity contribution in [2.45, 2.75) is 26.6 Å². The van der Waals surface area contributed by atoms with E-state index in [-0.39, 0.29) is 17.7 Å². The van der Waals surface area contributed by atoms with E-state index < -0.39 is 5.97 Å². The van der Waals surface area contributed by atoms with Crippen LogP contribution in [0.15, 0.2) is 54.7 Å². The van der Waals surface area contributed by atoms with Gasteiger partial charge in [-0.15, -0.1) is 0 Å². The maximum absolute atomic E-state index is 13.0. The van der Waals surface area contributed by atoms with Gasteiger partial charge in [-0.3, -0.25) is 4.98 Å². The predicted molar refractivity (Wildman–Crippen MR) is 143 cm³/mol. The molecule has 2 aromatic carbocycles. The zero-order valence-electron chi connectivity index (χ0n) is 22.2. The monoisotopic (exact) mass is 518 g/mol. The molecule has 2 aromatic heterocycles. The summed E-state index contributed by atoms with van der Waals surface area (Å²) in [5, 5.41) is 1.36. The number of carbonyl (C=O) groups is 1. The van der Waals surface area contributed by atoms with E-state index in [1.165, 1.54) is 28.4 Å². The number of hydrogen-bond acceptors (Lipinski definition) is 9. The van der Waals surface area contributed by atoms with Gasteiger partial charge in [-0.25, -0.2) is 9.78 Å². The minimum Gasteiger partial charge on any atom is -0.493 e. The standard InChI is InChI=1S/C29H30N2O7/c1-17(2)38-28-22-15-20(37-16-19-9-7-8-12-30-19)10-11-21(22)25(26(31-28)29(32)36-6)18-13-23(33-3)27(35-5)24(14-18)34-4/h7-15,17H,16H2,1-6H3. The molecule has 0 aliphatic carbocycles. The summed E-state index contributed by atoms with van der Waals surface area (Å²) in [7, 11) is 5.90. The molecule has 0 unspecified atom stereocenters. The lowest BCUT2D eigenvalue weighted by Gasteiger charge is -2.19. The number of fused-ring (bicyclic) bond motifs is 1. The van der Waals surface area contributed by atoms with Crippen LogP contribution in [-0.2, 0) is 11.3 Å². The lowest BCUT2D eigenvalue weighted by Crippen LogP contribution is -2.13. The summed E-state index contributed by atoms with van der Waals surface area (Å²) in [6.07, 6.45) is 1.52. The van der Waals surface area contributed by atoms with Crippen LogP contribution in [0.5, 0.6) is 28.9 Å². The number of pyridine rings is 2. The molecule has 0 radical (unpaired) electrons. The van der Waals surface area contributed by atoms with Crippen molar-refractivity contribution in [2.75, 3.05) is 28.4 Å². The molecule has 38 heavy (non-hydrogen) atoms. The Morgan fingerprint density at radius 2 is 1.63 bits per heavy atom. The first-order chi connectivity index (χ1) is 18.4. The predicted octanol–water partition coefficient (Wildman–Crippen LogP) is 5.48. The van der Waals surface area contributed by atoms with Crippen LogP contribution in [0.4, 0.5) is 0 Å². The molecule has 0 fully saturated rings. The van der Waals surface area contributed by atoms with Crippen LogP contribution < -0.4 is 23.7 Å². The molecule has 0 N–H and O–H groups in total. The highest BCUT2D eigenvalue weighted by atomic mass is 16.5. The molecular formula is C29H30N2O7. The summed E-state index contributed by atoms with van der Waals surface area (Å²) in [5.74, 6) is 1.57. The summed E-state index contributed by atoms with van der Waals surface area (Å²) in [4.78, 5) is 21.9. The third kappa shape index (κ3) is 5.41. The molecule has 9 heteroatoms. The molecule has 0 aliphatic heterocycles. The van der Waals surface area contributed by atoms with Crippen LogP contribution in [0.1, 0.15) is 30.0 Å². The van der Waals surface area contributed by atoms with E-state index in [9.17, 15) is 4.79 Å². The van der Waals surface area contributed by atoms with Gasteiger partial charge in [0, 0.05) is 17.1 Å². The fourth-order valence-corrected chi connectivity index (χ4v) is 4.07. The topological polar surface area (TPSA) is 98.2 Å². The second kappa shape index (κ2) is 11.7. The van der Waals surface area contributed by atoms with E-state index in [0.29, 0.717) is 51.5 Å². The van der Waals surface area contributed by atoms with Gasteiger partial charge in [0.1, 0.15) is 12.4 Å². The summed E-state index contributed by atoms with van der Waals surface area (Å²) in [6.45, 7) is 4.07. The third-order valence-corrected chi connectivity index (χ3v) is 5.73. The van der Waals surface area contributed by atoms with E-state index in [0.717, 1.165) is 5.69 Å². The van der Waals surface area contributed by atoms with Crippen LogP contribution in [0.3, 0.4) is 0 Å². The Kier molecular flexibility index (Phi) is 8.15. The van der Waals surface area contributed by atoms with Gasteiger partial charge in [0.05, 0.1) is 40.2 Å². The molecular weight excluding hydrogens is 488 g/mol. The van der Waals surface area contributed by atoms with Crippen molar-refractivity contribution in [1.82, 2.24) is 9.97 Å². The Hall–Kier alpha value is -4.53. The number of esters is 1. The summed E-state index contributed by atoms with van der Waals surface area (Å²) >= 11 is 0. The van der Waals surface area contributed by atoms with Crippen molar-refractivity contribution in [3.8, 4) is 40.0 Å². The number of rotatable bonds is 10. The van der Waals surface area contributed by atoms with Gasteiger partial charge >= 0.3 is 5.97 Å². The number of benzene rings is 2. The average molecular weight is 519 g/mol. The van der Waals surface area contributed by atoms with Gasteiger partial charge in [0.2, 0.25) is 11.6 Å². The SMILES string of the molecule is COC(=O)c1nc(OC(C)C)c2cc(OCc3ccccn3)ccc2c1-c1cc(OC)c(OC)c(OC)c1. The van der Waals surface area contributed by atoms with E-state index in [4.69, 9.17) is 28.4 Å². The largest absolute Gasteiger partial charge is 0.493 e. The molecule has 4 aromatic rings. The zero-order valence-corrected chi connectivity index (χ0v) is 22.2. The van der Waals surface area contributed by atoms with E-state index in [1.54, 1.807) is 18.3 Å². The first-order valence-electron chi connectivity index (χ1n) is 12.0. The molecule has 0 atom stereocenters. The Morgan fingerprint density at radius 1 is 0.895 bits per heavy atom. The quantitative estimate of drug-likeness (QED) is 0.253. The van der Waals surface area contributed by atoms with Gasteiger partial charge in [-0.2, -0.15) is 0 Å². The lowest BCUT2D eigenvalue weighted by atomic mass is 9.96. The van der Waals surface area contributed by atoms with Gasteiger partial charge in [-0.05, 0) is 67.3 Å². The molecule has 0 spiro atoms. The highest BCUT2D eigenvalue weighted by Gasteiger charge is 2.25. The zero-order chi connectivity index (χ0) is 27.2. The fraction of sp³-hybridized carbons (Fsp3) is 0.276. The molecule has 0 aliphatic rings. The van der Waals surface area contributed by atoms with Crippen molar-refractivity contribution in [2.24, 2.45) is 0 Å². The summed E-state index contributed by atoms with van der Waals surface area (Å²) in [6, 6.07) is 14.7. The Morgan fingerprint density at radius 3 is 2.21 bits per heavy atom. The van der Waals surface area contributed by atoms with E-state index in [2.05, 4.69) is 9.97 Å². The number of hydrogen-bond donors (Lipinski definition) is 0. The smallest absolute Gasteiger partial charge is 0.357 e. The lowest BCUT2D eigenvalue weighted by molar-refractivity contribution is 0.0593. The number of methoxy groups -OCH3 is 4. The Bertz CT molecular complexity index is 1410. The van der Waals surface area contributed by atoms with Crippen LogP contribution in [-0.4, -0.2) is 50.5 Å². The van der Waals surface area contributed by atoms with Crippen LogP contribution >= 0.6 is 0 Å². The van der Waals surface area contributed by atoms with Gasteiger partial charge in [0.25, 0.3) is 0 Å². The van der Waals surface area contributed by atoms with Crippen molar-refractivity contribution < 1.29 is 33.2 Å². The van der Waals surface area contributed by atoms with Crippen LogP contribution in [0.25, 0.3) is 21.9 Å². The van der Waals surface area contributed by atoms with Crippen molar-refractivity contribution in [3.05, 3.63) is 66.1 Å². The molecule has 0 saturated carbocycles. The maximum Gasteiger partial charge on any atom is 0.357 e. The fourth-order valence-electron chi connectivity index (χ4n) is 4.07. The van der Waals surface area contributed by atoms with Crippen molar-refractivity contribution in [3.63, 3.8) is 0 Å². The normalized spacial score (nSPS) is 10.8. The van der Waals surface area contributed by atoms with Crippen molar-refractivity contribution >= 4 is 16.7 Å². The number of nitrogens with zero attached hydrogens (tertiary/aromatic N) is 2. The molecule has 0 saturated heterocycles. The molecule has 0 amide bonds. The Balaban J connectivity index is 1.96. The maximum atomic E-state index is 13.0. The number of ether oxygens (including phenoxy) is 6. The molecule has 4 rings (SSSR count). The molecule has 2 heterocycles. The van der Waals surface area contributed by atoms with Gasteiger partial charge < -0.3 is 28.4 Å². The molecule has 9 nitrogen and oxygen atoms in total. The van der Waals surface area contributed by atoms with E-state index in [1.807, 2.05) is 50.2 Å². The minimum atomic E-state index is -0.611. The minimum absolute atomic E-state index is 0.0899. The second-order valence-electron chi connectivity index (χ2n) is 8.53. The Labute approximate surface area is 221 Å². The van der Waals surface area contributed by atoms with Crippen LogP contribution in [0.2, 0.25) is 0 Å². The van der Waals surface area contributed by atoms with E-state index >= 15 is 0 Å². The average Bonchev–Trinajstić information content (AvgIpc) is 2.94. The third-order valence-electron chi connectivity index (χ3n) is 5.73. The molecule has 198 valence electrons. The first-order valence-corrected chi connectivity index (χ1v) is 12.0. The first kappa shape index (κ1) is 26.5. The highest BCUT2D eigenvalue weighted by Crippen LogP contribution is 2.45. The number of aromatic nitrogens is 2. The number of carbonyl (C=O) groups excluding carboxylic acids is 1.